The first-order valence-electron chi connectivity index (χ1n) is 8.67. The van der Waals surface area contributed by atoms with Crippen molar-refractivity contribution in [2.45, 2.75) is 70.6 Å². The number of rotatable bonds is 9. The molecule has 0 N–H and O–H groups in total. The fraction of sp³-hybridized carbons (Fsp3) is 1.00. The summed E-state index contributed by atoms with van der Waals surface area (Å²) in [6, 6.07) is 0. The van der Waals surface area contributed by atoms with Gasteiger partial charge in [-0.15, -0.1) is 0 Å². The normalized spacial score (nSPS) is 27.6. The first-order valence-corrected chi connectivity index (χ1v) is 9.79. The highest BCUT2D eigenvalue weighted by molar-refractivity contribution is 9.09. The zero-order chi connectivity index (χ0) is 13.3. The molecule has 2 heteroatoms. The van der Waals surface area contributed by atoms with E-state index >= 15 is 0 Å². The lowest BCUT2D eigenvalue weighted by molar-refractivity contribution is 0.0848. The molecular weight excluding hydrogens is 298 g/mol. The van der Waals surface area contributed by atoms with Crippen molar-refractivity contribution >= 4 is 15.9 Å². The van der Waals surface area contributed by atoms with Crippen LogP contribution in [-0.2, 0) is 0 Å². The molecule has 19 heavy (non-hydrogen) atoms. The van der Waals surface area contributed by atoms with E-state index in [0.29, 0.717) is 0 Å². The predicted molar refractivity (Wildman–Crippen MR) is 88.0 cm³/mol. The monoisotopic (exact) mass is 329 g/mol. The van der Waals surface area contributed by atoms with Crippen LogP contribution in [0.25, 0.3) is 0 Å². The number of alkyl halides is 1. The molecule has 2 unspecified atom stereocenters. The van der Waals surface area contributed by atoms with Gasteiger partial charge in [-0.2, -0.15) is 0 Å². The third-order valence-electron chi connectivity index (χ3n) is 5.03. The van der Waals surface area contributed by atoms with E-state index in [0.717, 1.165) is 11.8 Å². The quantitative estimate of drug-likeness (QED) is 0.413. The number of likely N-dealkylation sites (tertiary alicyclic amines) is 1. The van der Waals surface area contributed by atoms with E-state index in [2.05, 4.69) is 20.8 Å². The lowest BCUT2D eigenvalue weighted by Crippen LogP contribution is -2.42. The second-order valence-corrected chi connectivity index (χ2v) is 7.62. The Kier molecular flexibility index (Phi) is 7.82. The zero-order valence-corrected chi connectivity index (χ0v) is 14.2. The van der Waals surface area contributed by atoms with Gasteiger partial charge >= 0.3 is 0 Å². The molecule has 1 nitrogen and oxygen atoms in total. The van der Waals surface area contributed by atoms with Crippen LogP contribution in [0.4, 0.5) is 0 Å². The largest absolute Gasteiger partial charge is 0.303 e. The lowest BCUT2D eigenvalue weighted by Gasteiger charge is -2.41. The van der Waals surface area contributed by atoms with Gasteiger partial charge < -0.3 is 4.90 Å². The average Bonchev–Trinajstić information content (AvgIpc) is 2.41. The maximum absolute atomic E-state index is 3.50. The maximum Gasteiger partial charge on any atom is 0.00313 e. The highest BCUT2D eigenvalue weighted by atomic mass is 79.9. The maximum atomic E-state index is 3.50. The molecule has 112 valence electrons. The number of halogens is 1. The smallest absolute Gasteiger partial charge is 0.00313 e. The van der Waals surface area contributed by atoms with E-state index in [9.17, 15) is 0 Å². The molecule has 1 saturated heterocycles. The molecule has 2 atom stereocenters. The van der Waals surface area contributed by atoms with Crippen LogP contribution in [0.15, 0.2) is 0 Å². The fourth-order valence-electron chi connectivity index (χ4n) is 4.04. The van der Waals surface area contributed by atoms with Gasteiger partial charge in [0.2, 0.25) is 0 Å². The molecule has 0 aromatic heterocycles. The topological polar surface area (TPSA) is 3.24 Å². The van der Waals surface area contributed by atoms with Crippen molar-refractivity contribution in [1.29, 1.82) is 0 Å². The van der Waals surface area contributed by atoms with Crippen LogP contribution in [0.2, 0.25) is 0 Å². The Hall–Kier alpha value is 0.440. The van der Waals surface area contributed by atoms with Crippen molar-refractivity contribution in [3.05, 3.63) is 0 Å². The van der Waals surface area contributed by atoms with Gasteiger partial charge in [0.15, 0.2) is 0 Å². The standard InChI is InChI=1S/C17H32BrN/c18-11-6-4-2-1-3-5-7-12-19-14-16-9-8-10-17(13-16)15-19/h16-17H,1-15H2. The van der Waals surface area contributed by atoms with Gasteiger partial charge in [0.1, 0.15) is 0 Å². The molecule has 1 aliphatic heterocycles. The molecule has 1 saturated carbocycles. The summed E-state index contributed by atoms with van der Waals surface area (Å²) >= 11 is 3.50. The molecule has 2 fully saturated rings. The lowest BCUT2D eigenvalue weighted by atomic mass is 9.78. The third-order valence-corrected chi connectivity index (χ3v) is 5.59. The van der Waals surface area contributed by atoms with Crippen molar-refractivity contribution in [2.24, 2.45) is 11.8 Å². The van der Waals surface area contributed by atoms with Crippen LogP contribution >= 0.6 is 15.9 Å². The van der Waals surface area contributed by atoms with Crippen molar-refractivity contribution in [2.75, 3.05) is 25.0 Å². The number of fused-ring (bicyclic) bond motifs is 2. The fourth-order valence-corrected chi connectivity index (χ4v) is 4.43. The molecule has 0 amide bonds. The number of unbranched alkanes of at least 4 members (excludes halogenated alkanes) is 6. The van der Waals surface area contributed by atoms with Gasteiger partial charge in [-0.1, -0.05) is 54.5 Å². The van der Waals surface area contributed by atoms with E-state index in [4.69, 9.17) is 0 Å². The number of hydrogen-bond donors (Lipinski definition) is 0. The van der Waals surface area contributed by atoms with Gasteiger partial charge in [-0.05, 0) is 50.5 Å². The highest BCUT2D eigenvalue weighted by Gasteiger charge is 2.29. The average molecular weight is 330 g/mol. The van der Waals surface area contributed by atoms with Crippen LogP contribution in [0.1, 0.15) is 70.6 Å². The summed E-state index contributed by atoms with van der Waals surface area (Å²) < 4.78 is 0. The second kappa shape index (κ2) is 9.39. The molecular formula is C17H32BrN. The Balaban J connectivity index is 1.45. The Morgan fingerprint density at radius 3 is 2.00 bits per heavy atom. The Labute approximate surface area is 128 Å². The summed E-state index contributed by atoms with van der Waals surface area (Å²) in [6.45, 7) is 4.22. The van der Waals surface area contributed by atoms with Crippen LogP contribution < -0.4 is 0 Å². The molecule has 2 aliphatic rings. The summed E-state index contributed by atoms with van der Waals surface area (Å²) in [5, 5.41) is 1.18. The van der Waals surface area contributed by atoms with Crippen LogP contribution in [-0.4, -0.2) is 29.9 Å². The Bertz CT molecular complexity index is 219. The molecule has 0 radical (unpaired) electrons. The highest BCUT2D eigenvalue weighted by Crippen LogP contribution is 2.34. The molecule has 2 rings (SSSR count). The minimum Gasteiger partial charge on any atom is -0.303 e. The summed E-state index contributed by atoms with van der Waals surface area (Å²) in [5.74, 6) is 2.11. The van der Waals surface area contributed by atoms with E-state index in [-0.39, 0.29) is 0 Å². The summed E-state index contributed by atoms with van der Waals surface area (Å²) in [6.07, 6.45) is 16.1. The van der Waals surface area contributed by atoms with Crippen molar-refractivity contribution in [3.63, 3.8) is 0 Å². The first kappa shape index (κ1) is 15.8. The molecule has 0 spiro atoms. The summed E-state index contributed by atoms with van der Waals surface area (Å²) in [4.78, 5) is 2.78. The van der Waals surface area contributed by atoms with Gasteiger partial charge in [-0.25, -0.2) is 0 Å². The predicted octanol–water partition coefficient (Wildman–Crippen LogP) is 5.23. The number of nitrogens with zero attached hydrogens (tertiary/aromatic N) is 1. The van der Waals surface area contributed by atoms with Crippen LogP contribution in [0, 0.1) is 11.8 Å². The van der Waals surface area contributed by atoms with E-state index in [1.165, 1.54) is 89.2 Å². The van der Waals surface area contributed by atoms with Crippen molar-refractivity contribution < 1.29 is 0 Å². The van der Waals surface area contributed by atoms with E-state index in [1.807, 2.05) is 0 Å². The molecule has 1 aliphatic carbocycles. The van der Waals surface area contributed by atoms with Gasteiger partial charge in [0.25, 0.3) is 0 Å². The van der Waals surface area contributed by atoms with E-state index < -0.39 is 0 Å². The molecule has 2 bridgehead atoms. The number of piperidine rings is 1. The summed E-state index contributed by atoms with van der Waals surface area (Å²) in [7, 11) is 0. The second-order valence-electron chi connectivity index (χ2n) is 6.82. The molecule has 1 heterocycles. The van der Waals surface area contributed by atoms with Crippen LogP contribution in [0.5, 0.6) is 0 Å². The molecule has 0 aromatic carbocycles. The van der Waals surface area contributed by atoms with Crippen LogP contribution in [0.3, 0.4) is 0 Å². The zero-order valence-electron chi connectivity index (χ0n) is 12.6. The van der Waals surface area contributed by atoms with Crippen molar-refractivity contribution in [1.82, 2.24) is 4.90 Å². The van der Waals surface area contributed by atoms with Gasteiger partial charge in [0, 0.05) is 18.4 Å². The molecule has 0 aromatic rings. The number of hydrogen-bond acceptors (Lipinski definition) is 1. The van der Waals surface area contributed by atoms with Gasteiger partial charge in [-0.3, -0.25) is 0 Å². The SMILES string of the molecule is BrCCCCCCCCCN1CC2CCCC(C2)C1. The minimum absolute atomic E-state index is 1.05. The van der Waals surface area contributed by atoms with Crippen molar-refractivity contribution in [3.8, 4) is 0 Å². The minimum atomic E-state index is 1.05. The Morgan fingerprint density at radius 1 is 0.789 bits per heavy atom. The Morgan fingerprint density at radius 2 is 1.37 bits per heavy atom. The van der Waals surface area contributed by atoms with E-state index in [1.54, 1.807) is 6.42 Å². The first-order chi connectivity index (χ1) is 9.38. The summed E-state index contributed by atoms with van der Waals surface area (Å²) in [5.41, 5.74) is 0. The third kappa shape index (κ3) is 6.16. The van der Waals surface area contributed by atoms with Gasteiger partial charge in [0.05, 0.1) is 0 Å².